The lowest BCUT2D eigenvalue weighted by atomic mass is 9.63. The van der Waals surface area contributed by atoms with Crippen molar-refractivity contribution in [3.8, 4) is 0 Å². The van der Waals surface area contributed by atoms with Gasteiger partial charge in [0, 0.05) is 12.0 Å². The van der Waals surface area contributed by atoms with Crippen LogP contribution in [0, 0.1) is 11.3 Å². The summed E-state index contributed by atoms with van der Waals surface area (Å²) in [4.78, 5) is 25.4. The Hall–Kier alpha value is -1.10. The van der Waals surface area contributed by atoms with E-state index in [1.165, 1.54) is 0 Å². The van der Waals surface area contributed by atoms with E-state index in [0.717, 1.165) is 25.7 Å². The first-order valence-electron chi connectivity index (χ1n) is 7.08. The summed E-state index contributed by atoms with van der Waals surface area (Å²) < 4.78 is 5.17. The van der Waals surface area contributed by atoms with Gasteiger partial charge in [0.25, 0.3) is 0 Å². The molecule has 0 spiro atoms. The maximum absolute atomic E-state index is 12.7. The van der Waals surface area contributed by atoms with Crippen molar-refractivity contribution in [2.24, 2.45) is 11.3 Å². The predicted octanol–water partition coefficient (Wildman–Crippen LogP) is 1.51. The van der Waals surface area contributed by atoms with Crippen molar-refractivity contribution in [3.05, 3.63) is 0 Å². The lowest BCUT2D eigenvalue weighted by molar-refractivity contribution is -0.166. The fraction of sp³-hybridized carbons (Fsp3) is 0.857. The predicted molar refractivity (Wildman–Crippen MR) is 69.7 cm³/mol. The molecule has 2 aliphatic rings. The van der Waals surface area contributed by atoms with E-state index in [9.17, 15) is 9.59 Å². The molecule has 1 heterocycles. The second-order valence-electron chi connectivity index (χ2n) is 6.18. The summed E-state index contributed by atoms with van der Waals surface area (Å²) in [5, 5.41) is 8.99. The largest absolute Gasteiger partial charge is 0.479 e. The van der Waals surface area contributed by atoms with Crippen molar-refractivity contribution in [1.29, 1.82) is 0 Å². The Labute approximate surface area is 113 Å². The van der Waals surface area contributed by atoms with Gasteiger partial charge in [0.1, 0.15) is 0 Å². The summed E-state index contributed by atoms with van der Waals surface area (Å²) in [5.41, 5.74) is -0.228. The zero-order valence-corrected chi connectivity index (χ0v) is 11.7. The van der Waals surface area contributed by atoms with Crippen LogP contribution in [0.3, 0.4) is 0 Å². The minimum Gasteiger partial charge on any atom is -0.479 e. The molecule has 0 radical (unpaired) electrons. The van der Waals surface area contributed by atoms with Crippen LogP contribution in [0.25, 0.3) is 0 Å². The number of carboxylic acids is 1. The van der Waals surface area contributed by atoms with Crippen LogP contribution in [0.5, 0.6) is 0 Å². The number of aliphatic carboxylic acids is 1. The molecule has 1 aliphatic carbocycles. The molecule has 0 aromatic rings. The average molecular weight is 269 g/mol. The Bertz CT molecular complexity index is 362. The highest BCUT2D eigenvalue weighted by Crippen LogP contribution is 2.47. The number of amides is 1. The van der Waals surface area contributed by atoms with Gasteiger partial charge in [-0.15, -0.1) is 0 Å². The SMILES string of the molecule is CC(C)CC1(C(=O)N2CCO[C@H](C(=O)O)C2)CCC1. The molecular weight excluding hydrogens is 246 g/mol. The van der Waals surface area contributed by atoms with Crippen LogP contribution in [0.15, 0.2) is 0 Å². The second-order valence-corrected chi connectivity index (χ2v) is 6.18. The molecule has 1 aliphatic heterocycles. The lowest BCUT2D eigenvalue weighted by Gasteiger charge is -2.46. The zero-order chi connectivity index (χ0) is 14.0. The Kier molecular flexibility index (Phi) is 4.13. The first-order valence-corrected chi connectivity index (χ1v) is 7.08. The van der Waals surface area contributed by atoms with Gasteiger partial charge in [-0.25, -0.2) is 4.79 Å². The molecule has 1 saturated carbocycles. The third kappa shape index (κ3) is 2.91. The Morgan fingerprint density at radius 1 is 1.42 bits per heavy atom. The number of hydrogen-bond donors (Lipinski definition) is 1. The van der Waals surface area contributed by atoms with E-state index < -0.39 is 12.1 Å². The van der Waals surface area contributed by atoms with E-state index in [-0.39, 0.29) is 17.9 Å². The minimum atomic E-state index is -0.982. The normalized spacial score (nSPS) is 26.1. The van der Waals surface area contributed by atoms with Crippen molar-refractivity contribution in [1.82, 2.24) is 4.90 Å². The van der Waals surface area contributed by atoms with Gasteiger partial charge < -0.3 is 14.7 Å². The maximum atomic E-state index is 12.7. The molecule has 0 aromatic carbocycles. The summed E-state index contributed by atoms with van der Waals surface area (Å²) in [5.74, 6) is -0.355. The van der Waals surface area contributed by atoms with Crippen molar-refractivity contribution in [3.63, 3.8) is 0 Å². The van der Waals surface area contributed by atoms with E-state index in [1.54, 1.807) is 4.90 Å². The molecule has 5 nitrogen and oxygen atoms in total. The van der Waals surface area contributed by atoms with Gasteiger partial charge in [-0.05, 0) is 25.2 Å². The third-order valence-electron chi connectivity index (χ3n) is 4.19. The highest BCUT2D eigenvalue weighted by molar-refractivity contribution is 5.84. The summed E-state index contributed by atoms with van der Waals surface area (Å²) in [6, 6.07) is 0. The van der Waals surface area contributed by atoms with Gasteiger partial charge in [0.05, 0.1) is 13.2 Å². The number of hydrogen-bond acceptors (Lipinski definition) is 3. The lowest BCUT2D eigenvalue weighted by Crippen LogP contribution is -2.55. The molecule has 1 atom stereocenters. The molecule has 0 unspecified atom stereocenters. The highest BCUT2D eigenvalue weighted by atomic mass is 16.5. The first-order chi connectivity index (χ1) is 8.94. The van der Waals surface area contributed by atoms with Crippen molar-refractivity contribution in [2.45, 2.75) is 45.6 Å². The molecular formula is C14H23NO4. The van der Waals surface area contributed by atoms with Crippen molar-refractivity contribution >= 4 is 11.9 Å². The number of nitrogens with zero attached hydrogens (tertiary/aromatic N) is 1. The van der Waals surface area contributed by atoms with Crippen LogP contribution >= 0.6 is 0 Å². The van der Waals surface area contributed by atoms with Crippen LogP contribution in [0.1, 0.15) is 39.5 Å². The molecule has 2 fully saturated rings. The summed E-state index contributed by atoms with van der Waals surface area (Å²) >= 11 is 0. The number of rotatable bonds is 4. The van der Waals surface area contributed by atoms with Crippen LogP contribution in [-0.2, 0) is 14.3 Å². The standard InChI is InChI=1S/C14H23NO4/c1-10(2)8-14(4-3-5-14)13(18)15-6-7-19-11(9-15)12(16)17/h10-11H,3-9H2,1-2H3,(H,16,17)/t11-/m0/s1. The zero-order valence-electron chi connectivity index (χ0n) is 11.7. The Morgan fingerprint density at radius 2 is 2.11 bits per heavy atom. The van der Waals surface area contributed by atoms with Gasteiger partial charge in [-0.2, -0.15) is 0 Å². The van der Waals surface area contributed by atoms with Gasteiger partial charge >= 0.3 is 5.97 Å². The van der Waals surface area contributed by atoms with Gasteiger partial charge in [0.15, 0.2) is 6.10 Å². The molecule has 1 N–H and O–H groups in total. The van der Waals surface area contributed by atoms with Crippen LogP contribution in [-0.4, -0.2) is 47.7 Å². The maximum Gasteiger partial charge on any atom is 0.334 e. The summed E-state index contributed by atoms with van der Waals surface area (Å²) in [7, 11) is 0. The van der Waals surface area contributed by atoms with Crippen molar-refractivity contribution in [2.75, 3.05) is 19.7 Å². The molecule has 0 aromatic heterocycles. The minimum absolute atomic E-state index is 0.141. The highest BCUT2D eigenvalue weighted by Gasteiger charge is 2.47. The fourth-order valence-corrected chi connectivity index (χ4v) is 3.21. The molecule has 0 bridgehead atoms. The molecule has 108 valence electrons. The molecule has 2 rings (SSSR count). The van der Waals surface area contributed by atoms with E-state index >= 15 is 0 Å². The number of carbonyl (C=O) groups excluding carboxylic acids is 1. The summed E-state index contributed by atoms with van der Waals surface area (Å²) in [6.07, 6.45) is 3.03. The smallest absolute Gasteiger partial charge is 0.334 e. The first kappa shape index (κ1) is 14.3. The van der Waals surface area contributed by atoms with Gasteiger partial charge in [-0.3, -0.25) is 4.79 Å². The fourth-order valence-electron chi connectivity index (χ4n) is 3.21. The number of ether oxygens (including phenoxy) is 1. The van der Waals surface area contributed by atoms with Crippen LogP contribution < -0.4 is 0 Å². The van der Waals surface area contributed by atoms with Crippen molar-refractivity contribution < 1.29 is 19.4 Å². The van der Waals surface area contributed by atoms with E-state index in [4.69, 9.17) is 9.84 Å². The number of carbonyl (C=O) groups is 2. The van der Waals surface area contributed by atoms with E-state index in [1.807, 2.05) is 0 Å². The molecule has 1 amide bonds. The summed E-state index contributed by atoms with van der Waals surface area (Å²) in [6.45, 7) is 5.29. The molecule has 5 heteroatoms. The Morgan fingerprint density at radius 3 is 2.58 bits per heavy atom. The average Bonchev–Trinajstić information content (AvgIpc) is 2.33. The van der Waals surface area contributed by atoms with E-state index in [2.05, 4.69) is 13.8 Å². The second kappa shape index (κ2) is 5.49. The monoisotopic (exact) mass is 269 g/mol. The van der Waals surface area contributed by atoms with Gasteiger partial charge in [-0.1, -0.05) is 20.3 Å². The molecule has 19 heavy (non-hydrogen) atoms. The van der Waals surface area contributed by atoms with Crippen LogP contribution in [0.4, 0.5) is 0 Å². The number of morpholine rings is 1. The van der Waals surface area contributed by atoms with Crippen LogP contribution in [0.2, 0.25) is 0 Å². The third-order valence-corrected chi connectivity index (χ3v) is 4.19. The van der Waals surface area contributed by atoms with Gasteiger partial charge in [0.2, 0.25) is 5.91 Å². The van der Waals surface area contributed by atoms with E-state index in [0.29, 0.717) is 19.1 Å². The molecule has 1 saturated heterocycles. The quantitative estimate of drug-likeness (QED) is 0.840. The number of carboxylic acid groups (broad SMARTS) is 1. The topological polar surface area (TPSA) is 66.8 Å². The Balaban J connectivity index is 2.03.